The van der Waals surface area contributed by atoms with Crippen molar-refractivity contribution >= 4 is 11.6 Å². The summed E-state index contributed by atoms with van der Waals surface area (Å²) >= 11 is 0. The zero-order chi connectivity index (χ0) is 13.1. The zero-order valence-electron chi connectivity index (χ0n) is 10.1. The van der Waals surface area contributed by atoms with Crippen molar-refractivity contribution in [3.05, 3.63) is 59.1 Å². The highest BCUT2D eigenvalue weighted by molar-refractivity contribution is 6.18. The summed E-state index contributed by atoms with van der Waals surface area (Å²) in [6.07, 6.45) is 9.00. The van der Waals surface area contributed by atoms with Crippen LogP contribution >= 0.6 is 0 Å². The van der Waals surface area contributed by atoms with Crippen molar-refractivity contribution in [2.24, 2.45) is 0 Å². The molecule has 0 radical (unpaired) electrons. The van der Waals surface area contributed by atoms with Crippen LogP contribution in [0.1, 0.15) is 0 Å². The lowest BCUT2D eigenvalue weighted by atomic mass is 9.93. The summed E-state index contributed by atoms with van der Waals surface area (Å²) < 4.78 is 10.1. The maximum Gasteiger partial charge on any atom is 0.186 e. The number of hydrogen-bond donors (Lipinski definition) is 0. The molecule has 2 aliphatic rings. The van der Waals surface area contributed by atoms with Crippen molar-refractivity contribution in [2.75, 3.05) is 14.2 Å². The summed E-state index contributed by atoms with van der Waals surface area (Å²) in [4.78, 5) is 23.6. The van der Waals surface area contributed by atoms with Gasteiger partial charge in [-0.2, -0.15) is 0 Å². The molecule has 2 aliphatic carbocycles. The molecule has 0 N–H and O–H groups in total. The zero-order valence-corrected chi connectivity index (χ0v) is 10.1. The molecule has 92 valence electrons. The lowest BCUT2D eigenvalue weighted by Crippen LogP contribution is -2.12. The van der Waals surface area contributed by atoms with E-state index >= 15 is 0 Å². The standard InChI is InChI=1S/C14H12O4/c1-17-9-3-5-13(15)11(7-9)12-8-10(18-2)4-6-14(12)16/h3-8H,1-2H3. The van der Waals surface area contributed by atoms with E-state index in [9.17, 15) is 9.59 Å². The summed E-state index contributed by atoms with van der Waals surface area (Å²) in [5.74, 6) is 0.626. The second kappa shape index (κ2) is 4.87. The smallest absolute Gasteiger partial charge is 0.186 e. The van der Waals surface area contributed by atoms with Crippen molar-refractivity contribution < 1.29 is 19.1 Å². The molecule has 0 fully saturated rings. The number of hydrogen-bond acceptors (Lipinski definition) is 4. The van der Waals surface area contributed by atoms with E-state index in [4.69, 9.17) is 9.47 Å². The third-order valence-corrected chi connectivity index (χ3v) is 2.66. The molecular formula is C14H12O4. The Labute approximate surface area is 105 Å². The van der Waals surface area contributed by atoms with Crippen molar-refractivity contribution in [1.29, 1.82) is 0 Å². The summed E-state index contributed by atoms with van der Waals surface area (Å²) in [6, 6.07) is 0. The number of carbonyl (C=O) groups is 2. The summed E-state index contributed by atoms with van der Waals surface area (Å²) in [5, 5.41) is 0. The molecule has 0 aromatic carbocycles. The maximum absolute atomic E-state index is 11.8. The van der Waals surface area contributed by atoms with Crippen molar-refractivity contribution in [1.82, 2.24) is 0 Å². The summed E-state index contributed by atoms with van der Waals surface area (Å²) in [6.45, 7) is 0. The van der Waals surface area contributed by atoms with Crippen molar-refractivity contribution in [3.8, 4) is 0 Å². The number of carbonyl (C=O) groups excluding carboxylic acids is 2. The number of ether oxygens (including phenoxy) is 2. The lowest BCUT2D eigenvalue weighted by molar-refractivity contribution is -0.113. The predicted molar refractivity (Wildman–Crippen MR) is 65.5 cm³/mol. The summed E-state index contributed by atoms with van der Waals surface area (Å²) in [5.41, 5.74) is 0.636. The van der Waals surface area contributed by atoms with Crippen LogP contribution < -0.4 is 0 Å². The van der Waals surface area contributed by atoms with E-state index in [-0.39, 0.29) is 11.6 Å². The first kappa shape index (κ1) is 12.1. The molecule has 0 unspecified atom stereocenters. The quantitative estimate of drug-likeness (QED) is 0.693. The minimum Gasteiger partial charge on any atom is -0.497 e. The van der Waals surface area contributed by atoms with Crippen LogP contribution in [0.2, 0.25) is 0 Å². The van der Waals surface area contributed by atoms with Gasteiger partial charge in [0.2, 0.25) is 0 Å². The molecule has 0 saturated carbocycles. The van der Waals surface area contributed by atoms with Gasteiger partial charge in [-0.05, 0) is 36.5 Å². The Hall–Kier alpha value is -2.36. The second-order valence-corrected chi connectivity index (χ2v) is 3.72. The second-order valence-electron chi connectivity index (χ2n) is 3.72. The number of methoxy groups -OCH3 is 2. The highest BCUT2D eigenvalue weighted by Crippen LogP contribution is 2.23. The van der Waals surface area contributed by atoms with E-state index in [2.05, 4.69) is 0 Å². The molecular weight excluding hydrogens is 232 g/mol. The van der Waals surface area contributed by atoms with Gasteiger partial charge < -0.3 is 9.47 Å². The van der Waals surface area contributed by atoms with Gasteiger partial charge in [0.25, 0.3) is 0 Å². The van der Waals surface area contributed by atoms with E-state index in [1.54, 1.807) is 24.3 Å². The summed E-state index contributed by atoms with van der Waals surface area (Å²) in [7, 11) is 3.01. The van der Waals surface area contributed by atoms with Gasteiger partial charge in [0, 0.05) is 11.1 Å². The minimum absolute atomic E-state index is 0.221. The van der Waals surface area contributed by atoms with Crippen molar-refractivity contribution in [3.63, 3.8) is 0 Å². The molecule has 0 spiro atoms. The Morgan fingerprint density at radius 3 is 1.44 bits per heavy atom. The van der Waals surface area contributed by atoms with E-state index in [1.165, 1.54) is 26.4 Å². The molecule has 0 aromatic rings. The Bertz CT molecular complexity index is 506. The van der Waals surface area contributed by atoms with Gasteiger partial charge in [0.15, 0.2) is 11.6 Å². The molecule has 4 heteroatoms. The van der Waals surface area contributed by atoms with Crippen LogP contribution in [0.25, 0.3) is 0 Å². The normalized spacial score (nSPS) is 22.8. The molecule has 0 bridgehead atoms. The maximum atomic E-state index is 11.8. The van der Waals surface area contributed by atoms with Crippen LogP contribution in [0.3, 0.4) is 0 Å². The highest BCUT2D eigenvalue weighted by Gasteiger charge is 2.20. The molecule has 2 rings (SSSR count). The number of allylic oxidation sites excluding steroid dienone is 8. The first-order chi connectivity index (χ1) is 8.65. The van der Waals surface area contributed by atoms with Crippen LogP contribution in [0.5, 0.6) is 0 Å². The molecule has 0 heterocycles. The molecule has 0 saturated heterocycles. The average Bonchev–Trinajstić information content (AvgIpc) is 2.40. The fraction of sp³-hybridized carbons (Fsp3) is 0.143. The minimum atomic E-state index is -0.221. The van der Waals surface area contributed by atoms with Gasteiger partial charge in [-0.1, -0.05) is 0 Å². The van der Waals surface area contributed by atoms with Gasteiger partial charge in [0.05, 0.1) is 14.2 Å². The van der Waals surface area contributed by atoms with Crippen molar-refractivity contribution in [2.45, 2.75) is 0 Å². The van der Waals surface area contributed by atoms with Crippen LogP contribution in [0.15, 0.2) is 59.1 Å². The Balaban J connectivity index is 2.53. The van der Waals surface area contributed by atoms with Gasteiger partial charge in [0.1, 0.15) is 11.5 Å². The van der Waals surface area contributed by atoms with E-state index < -0.39 is 0 Å². The van der Waals surface area contributed by atoms with Crippen LogP contribution in [0, 0.1) is 0 Å². The largest absolute Gasteiger partial charge is 0.497 e. The SMILES string of the molecule is COC1=CC(=C2C=C(OC)C=CC2=O)C(=O)C=C1. The van der Waals surface area contributed by atoms with E-state index in [1.807, 2.05) is 0 Å². The topological polar surface area (TPSA) is 52.6 Å². The van der Waals surface area contributed by atoms with Crippen LogP contribution in [-0.2, 0) is 19.1 Å². The van der Waals surface area contributed by atoms with E-state index in [0.29, 0.717) is 22.7 Å². The molecule has 0 aromatic heterocycles. The van der Waals surface area contributed by atoms with Crippen LogP contribution in [0.4, 0.5) is 0 Å². The Kier molecular flexibility index (Phi) is 3.28. The lowest BCUT2D eigenvalue weighted by Gasteiger charge is -2.13. The van der Waals surface area contributed by atoms with Crippen LogP contribution in [-0.4, -0.2) is 25.8 Å². The molecule has 4 nitrogen and oxygen atoms in total. The monoisotopic (exact) mass is 244 g/mol. The van der Waals surface area contributed by atoms with Gasteiger partial charge in [-0.25, -0.2) is 0 Å². The fourth-order valence-electron chi connectivity index (χ4n) is 1.69. The number of ketones is 2. The highest BCUT2D eigenvalue weighted by atomic mass is 16.5. The van der Waals surface area contributed by atoms with E-state index in [0.717, 1.165) is 0 Å². The molecule has 0 aliphatic heterocycles. The molecule has 18 heavy (non-hydrogen) atoms. The molecule has 0 atom stereocenters. The molecule has 0 amide bonds. The first-order valence-electron chi connectivity index (χ1n) is 5.36. The Morgan fingerprint density at radius 2 is 1.11 bits per heavy atom. The number of rotatable bonds is 2. The third-order valence-electron chi connectivity index (χ3n) is 2.66. The predicted octanol–water partition coefficient (Wildman–Crippen LogP) is 1.62. The third kappa shape index (κ3) is 2.18. The average molecular weight is 244 g/mol. The Morgan fingerprint density at radius 1 is 0.722 bits per heavy atom. The fourth-order valence-corrected chi connectivity index (χ4v) is 1.69. The van der Waals surface area contributed by atoms with Gasteiger partial charge >= 0.3 is 0 Å². The first-order valence-corrected chi connectivity index (χ1v) is 5.36. The van der Waals surface area contributed by atoms with Gasteiger partial charge in [-0.3, -0.25) is 9.59 Å². The van der Waals surface area contributed by atoms with Gasteiger partial charge in [-0.15, -0.1) is 0 Å².